The molecule has 1 aliphatic rings. The Labute approximate surface area is 309 Å². The van der Waals surface area contributed by atoms with Gasteiger partial charge in [-0.15, -0.1) is 11.8 Å². The summed E-state index contributed by atoms with van der Waals surface area (Å²) in [5, 5.41) is 0.578. The minimum atomic E-state index is -4.50. The van der Waals surface area contributed by atoms with E-state index in [0.29, 0.717) is 54.5 Å². The van der Waals surface area contributed by atoms with E-state index in [1.807, 2.05) is 4.90 Å². The molecule has 1 amide bonds. The Morgan fingerprint density at radius 2 is 1.65 bits per heavy atom. The lowest BCUT2D eigenvalue weighted by molar-refractivity contribution is -0.137. The lowest BCUT2D eigenvalue weighted by atomic mass is 10.00. The number of piperidine rings is 1. The van der Waals surface area contributed by atoms with Crippen LogP contribution in [0.2, 0.25) is 0 Å². The number of para-hydroxylation sites is 1. The maximum atomic E-state index is 14.7. The first kappa shape index (κ1) is 31.0. The van der Waals surface area contributed by atoms with E-state index in [9.17, 15) is 34.3 Å². The molecule has 4 aromatic carbocycles. The molecule has 272 valence electrons. The van der Waals surface area contributed by atoms with Gasteiger partial charge in [-0.25, -0.2) is 8.78 Å². The third kappa shape index (κ3) is 8.74. The van der Waals surface area contributed by atoms with Crippen molar-refractivity contribution < 1.29 is 38.3 Å². The molecule has 52 heavy (non-hydrogen) atoms. The Hall–Kier alpha value is -4.52. The lowest BCUT2D eigenvalue weighted by Gasteiger charge is -2.39. The largest absolute Gasteiger partial charge is 0.416 e. The number of hydrogen-bond donors (Lipinski definition) is 0. The minimum absolute atomic E-state index is 0.0463. The van der Waals surface area contributed by atoms with Gasteiger partial charge in [0.15, 0.2) is 17.1 Å². The highest BCUT2D eigenvalue weighted by molar-refractivity contribution is 7.98. The van der Waals surface area contributed by atoms with Crippen LogP contribution in [0.3, 0.4) is 0 Å². The molecule has 0 saturated carbocycles. The summed E-state index contributed by atoms with van der Waals surface area (Å²) in [4.78, 5) is 31.1. The summed E-state index contributed by atoms with van der Waals surface area (Å²) in [5.74, 6) is -2.77. The van der Waals surface area contributed by atoms with Crippen LogP contribution in [-0.4, -0.2) is 59.6 Å². The van der Waals surface area contributed by atoms with Crippen molar-refractivity contribution in [2.24, 2.45) is 0 Å². The second kappa shape index (κ2) is 16.4. The zero-order valence-corrected chi connectivity index (χ0v) is 28.7. The zero-order valence-electron chi connectivity index (χ0n) is 32.8. The zero-order chi connectivity index (χ0) is 41.1. The van der Waals surface area contributed by atoms with Crippen LogP contribution >= 0.6 is 11.8 Å². The average molecular weight is 741 g/mol. The first-order valence-electron chi connectivity index (χ1n) is 19.1. The molecule has 0 atom stereocenters. The van der Waals surface area contributed by atoms with E-state index in [1.165, 1.54) is 47.4 Å². The van der Waals surface area contributed by atoms with Crippen molar-refractivity contribution in [3.05, 3.63) is 136 Å². The minimum Gasteiger partial charge on any atom is -0.383 e. The lowest BCUT2D eigenvalue weighted by Crippen LogP contribution is -2.48. The number of fused-ring (bicyclic) bond motifs is 1. The monoisotopic (exact) mass is 740 g/mol. The van der Waals surface area contributed by atoms with Crippen molar-refractivity contribution in [3.63, 3.8) is 0 Å². The number of nitrogens with zero attached hydrogens (tertiary/aromatic N) is 3. The summed E-state index contributed by atoms with van der Waals surface area (Å²) < 4.78 is 115. The quantitative estimate of drug-likeness (QED) is 0.0951. The Balaban J connectivity index is 1.33. The third-order valence-electron chi connectivity index (χ3n) is 9.06. The molecule has 0 aliphatic carbocycles. The number of carbonyl (C=O) groups excluding carboxylic acids is 1. The van der Waals surface area contributed by atoms with Crippen LogP contribution < -0.4 is 5.43 Å². The fraction of sp³-hybridized carbons (Fsp3) is 0.300. The molecule has 1 fully saturated rings. The fourth-order valence-corrected chi connectivity index (χ4v) is 7.31. The van der Waals surface area contributed by atoms with Gasteiger partial charge in [0.05, 0.1) is 29.6 Å². The molecule has 1 aromatic heterocycles. The standard InChI is InChI=1S/C40H38F5N3O3S/c1-51-22-21-46-19-17-32(18-20-46)47(24-27-9-11-28(12-10-27)29-13-15-31(16-14-29)40(43,44)45)37(50)25-48-35-8-3-2-6-33(35)36(49)23-38(48)52-26-30-5-4-7-34(41)39(30)42/h2-16,23,32H,17-22,24-26H2,1H3/i1D3,24D2. The number of benzene rings is 4. The second-order valence-electron chi connectivity index (χ2n) is 12.4. The maximum absolute atomic E-state index is 14.7. The highest BCUT2D eigenvalue weighted by Crippen LogP contribution is 2.32. The van der Waals surface area contributed by atoms with Gasteiger partial charge < -0.3 is 19.1 Å². The number of halogens is 5. The van der Waals surface area contributed by atoms with E-state index >= 15 is 0 Å². The summed E-state index contributed by atoms with van der Waals surface area (Å²) in [6.07, 6.45) is -3.85. The Kier molecular flexibility index (Phi) is 9.81. The van der Waals surface area contributed by atoms with Crippen molar-refractivity contribution in [1.29, 1.82) is 0 Å². The number of methoxy groups -OCH3 is 1. The molecule has 2 heterocycles. The van der Waals surface area contributed by atoms with Gasteiger partial charge in [-0.2, -0.15) is 13.2 Å². The highest BCUT2D eigenvalue weighted by Gasteiger charge is 2.31. The predicted molar refractivity (Wildman–Crippen MR) is 193 cm³/mol. The van der Waals surface area contributed by atoms with Crippen molar-refractivity contribution in [2.45, 2.75) is 48.9 Å². The smallest absolute Gasteiger partial charge is 0.383 e. The van der Waals surface area contributed by atoms with Gasteiger partial charge in [-0.1, -0.05) is 60.7 Å². The summed E-state index contributed by atoms with van der Waals surface area (Å²) >= 11 is 1.03. The van der Waals surface area contributed by atoms with Gasteiger partial charge in [-0.3, -0.25) is 9.59 Å². The van der Waals surface area contributed by atoms with Gasteiger partial charge in [0.1, 0.15) is 6.54 Å². The first-order valence-corrected chi connectivity index (χ1v) is 17.6. The molecule has 0 spiro atoms. The van der Waals surface area contributed by atoms with Crippen LogP contribution in [0.25, 0.3) is 22.0 Å². The van der Waals surface area contributed by atoms with Gasteiger partial charge in [0.2, 0.25) is 5.91 Å². The number of aromatic nitrogens is 1. The summed E-state index contributed by atoms with van der Waals surface area (Å²) in [7, 11) is -2.55. The number of carbonyl (C=O) groups is 1. The van der Waals surface area contributed by atoms with E-state index in [4.69, 9.17) is 8.85 Å². The van der Waals surface area contributed by atoms with Gasteiger partial charge in [0.25, 0.3) is 0 Å². The Morgan fingerprint density at radius 3 is 2.35 bits per heavy atom. The molecule has 1 aliphatic heterocycles. The summed E-state index contributed by atoms with van der Waals surface area (Å²) in [5.41, 5.74) is 0.393. The number of ether oxygens (including phenoxy) is 1. The number of thioether (sulfide) groups is 1. The first-order chi connectivity index (χ1) is 26.9. The maximum Gasteiger partial charge on any atom is 0.416 e. The van der Waals surface area contributed by atoms with Crippen LogP contribution in [0.5, 0.6) is 0 Å². The Bertz CT molecular complexity index is 2260. The predicted octanol–water partition coefficient (Wildman–Crippen LogP) is 8.40. The topological polar surface area (TPSA) is 54.8 Å². The second-order valence-corrected chi connectivity index (χ2v) is 13.4. The molecule has 12 heteroatoms. The molecule has 0 N–H and O–H groups in total. The molecular weight excluding hydrogens is 698 g/mol. The molecule has 0 unspecified atom stereocenters. The van der Waals surface area contributed by atoms with Gasteiger partial charge in [-0.05, 0) is 59.9 Å². The van der Waals surface area contributed by atoms with Crippen molar-refractivity contribution >= 4 is 28.6 Å². The summed E-state index contributed by atoms with van der Waals surface area (Å²) in [6, 6.07) is 21.8. The van der Waals surface area contributed by atoms with E-state index in [-0.39, 0.29) is 33.9 Å². The number of amides is 1. The molecule has 1 saturated heterocycles. The fourth-order valence-electron chi connectivity index (χ4n) is 6.27. The van der Waals surface area contributed by atoms with Crippen LogP contribution in [0.1, 0.15) is 36.4 Å². The number of pyridine rings is 1. The third-order valence-corrected chi connectivity index (χ3v) is 10.2. The van der Waals surface area contributed by atoms with Crippen LogP contribution in [0, 0.1) is 11.6 Å². The van der Waals surface area contributed by atoms with Gasteiger partial charge in [0, 0.05) is 62.0 Å². The van der Waals surface area contributed by atoms with E-state index in [2.05, 4.69) is 0 Å². The van der Waals surface area contributed by atoms with Crippen molar-refractivity contribution in [2.75, 3.05) is 33.3 Å². The van der Waals surface area contributed by atoms with E-state index in [0.717, 1.165) is 30.0 Å². The normalized spacial score (nSPS) is 16.1. The number of rotatable bonds is 12. The van der Waals surface area contributed by atoms with Gasteiger partial charge >= 0.3 is 6.18 Å². The molecule has 5 aromatic rings. The van der Waals surface area contributed by atoms with Crippen LogP contribution in [-0.2, 0) is 34.5 Å². The highest BCUT2D eigenvalue weighted by atomic mass is 32.2. The van der Waals surface area contributed by atoms with Crippen LogP contribution in [0.15, 0.2) is 107 Å². The molecule has 6 nitrogen and oxygen atoms in total. The summed E-state index contributed by atoms with van der Waals surface area (Å²) in [6.45, 7) is -1.76. The van der Waals surface area contributed by atoms with E-state index < -0.39 is 55.4 Å². The van der Waals surface area contributed by atoms with E-state index in [1.54, 1.807) is 41.0 Å². The molecular formula is C40H38F5N3O3S. The number of alkyl halides is 3. The SMILES string of the molecule is [2H]C([2H])([2H])OCCN1CCC(N(C(=O)Cn2c(SCc3cccc(F)c3F)cc(=O)c3ccccc32)C([2H])([2H])c2ccc(-c3ccc(C(F)(F)F)cc3)cc2)CC1. The van der Waals surface area contributed by atoms with Crippen molar-refractivity contribution in [1.82, 2.24) is 14.4 Å². The molecule has 6 rings (SSSR count). The van der Waals surface area contributed by atoms with Crippen molar-refractivity contribution in [3.8, 4) is 11.1 Å². The Morgan fingerprint density at radius 1 is 0.962 bits per heavy atom. The molecule has 0 radical (unpaired) electrons. The molecule has 0 bridgehead atoms. The number of likely N-dealkylation sites (tertiary alicyclic amines) is 1. The number of hydrogen-bond acceptors (Lipinski definition) is 5. The van der Waals surface area contributed by atoms with Crippen LogP contribution in [0.4, 0.5) is 22.0 Å². The average Bonchev–Trinajstić information content (AvgIpc) is 3.16.